The van der Waals surface area contributed by atoms with Crippen molar-refractivity contribution >= 4 is 11.9 Å². The van der Waals surface area contributed by atoms with Crippen LogP contribution in [0.2, 0.25) is 0 Å². The van der Waals surface area contributed by atoms with Crippen molar-refractivity contribution in [2.45, 2.75) is 13.3 Å². The predicted octanol–water partition coefficient (Wildman–Crippen LogP) is 1.36. The number of carboxylic acid groups (broad SMARTS) is 2. The average molecular weight is 367 g/mol. The lowest BCUT2D eigenvalue weighted by molar-refractivity contribution is -0.159. The molecule has 2 rings (SSSR count). The van der Waals surface area contributed by atoms with E-state index >= 15 is 0 Å². The van der Waals surface area contributed by atoms with Crippen LogP contribution < -0.4 is 5.62 Å². The summed E-state index contributed by atoms with van der Waals surface area (Å²) in [5.74, 6) is -3.89. The summed E-state index contributed by atoms with van der Waals surface area (Å²) in [5, 5.41) is 14.8. The molecule has 0 atom stereocenters. The molecule has 0 saturated heterocycles. The molecule has 1 aromatic heterocycles. The summed E-state index contributed by atoms with van der Waals surface area (Å²) in [5.41, 5.74) is 2.61. The Morgan fingerprint density at radius 3 is 2.46 bits per heavy atom. The molecule has 0 unspecified atom stereocenters. The highest BCUT2D eigenvalue weighted by Gasteiger charge is 2.07. The first-order valence-electron chi connectivity index (χ1n) is 7.74. The second kappa shape index (κ2) is 10.1. The zero-order valence-electron chi connectivity index (χ0n) is 14.8. The van der Waals surface area contributed by atoms with Crippen molar-refractivity contribution in [3.8, 4) is 5.69 Å². The molecule has 0 amide bonds. The number of benzene rings is 1. The standard InChI is InChI=1S/C15H20FN3O.C2H2O4/c1-12-11-18(2)15(17-8-5-9-20-3)19(12)14-7-4-6-13(16)10-14;3-1(4)2(5)6/h4,6-7,10-11H,5,8-9H2,1-3H3;(H,3,4)(H,5,6). The Labute approximate surface area is 149 Å². The van der Waals surface area contributed by atoms with Crippen LogP contribution in [0.5, 0.6) is 0 Å². The van der Waals surface area contributed by atoms with Crippen LogP contribution in [0.15, 0.2) is 35.5 Å². The van der Waals surface area contributed by atoms with E-state index in [0.717, 1.165) is 23.4 Å². The Morgan fingerprint density at radius 1 is 1.27 bits per heavy atom. The Balaban J connectivity index is 0.000000487. The van der Waals surface area contributed by atoms with Gasteiger partial charge in [-0.2, -0.15) is 0 Å². The van der Waals surface area contributed by atoms with Crippen molar-refractivity contribution in [3.05, 3.63) is 47.6 Å². The van der Waals surface area contributed by atoms with Gasteiger partial charge in [0.2, 0.25) is 5.62 Å². The number of imidazole rings is 1. The lowest BCUT2D eigenvalue weighted by Gasteiger charge is -2.06. The summed E-state index contributed by atoms with van der Waals surface area (Å²) in [6.07, 6.45) is 2.85. The quantitative estimate of drug-likeness (QED) is 0.613. The minimum absolute atomic E-state index is 0.247. The van der Waals surface area contributed by atoms with E-state index in [1.807, 2.05) is 35.4 Å². The van der Waals surface area contributed by atoms with Crippen LogP contribution in [0.3, 0.4) is 0 Å². The molecule has 1 heterocycles. The predicted molar refractivity (Wildman–Crippen MR) is 91.6 cm³/mol. The lowest BCUT2D eigenvalue weighted by atomic mass is 10.3. The molecule has 0 saturated carbocycles. The van der Waals surface area contributed by atoms with Crippen molar-refractivity contribution in [3.63, 3.8) is 0 Å². The van der Waals surface area contributed by atoms with Crippen LogP contribution in [-0.4, -0.2) is 51.5 Å². The molecule has 0 bridgehead atoms. The third-order valence-electron chi connectivity index (χ3n) is 3.26. The molecule has 0 aliphatic rings. The largest absolute Gasteiger partial charge is 0.473 e. The highest BCUT2D eigenvalue weighted by atomic mass is 19.1. The molecule has 2 N–H and O–H groups in total. The summed E-state index contributed by atoms with van der Waals surface area (Å²) in [4.78, 5) is 22.8. The number of halogens is 1. The summed E-state index contributed by atoms with van der Waals surface area (Å²) in [6.45, 7) is 3.35. The Hall–Kier alpha value is -2.94. The van der Waals surface area contributed by atoms with Gasteiger partial charge in [-0.15, -0.1) is 0 Å². The number of hydrogen-bond acceptors (Lipinski definition) is 4. The first-order chi connectivity index (χ1) is 12.3. The highest BCUT2D eigenvalue weighted by molar-refractivity contribution is 6.27. The van der Waals surface area contributed by atoms with E-state index in [4.69, 9.17) is 24.5 Å². The topological polar surface area (TPSA) is 106 Å². The van der Waals surface area contributed by atoms with E-state index in [1.54, 1.807) is 13.2 Å². The van der Waals surface area contributed by atoms with E-state index in [-0.39, 0.29) is 5.82 Å². The van der Waals surface area contributed by atoms with Gasteiger partial charge in [-0.3, -0.25) is 9.56 Å². The fraction of sp³-hybridized carbons (Fsp3) is 0.353. The van der Waals surface area contributed by atoms with E-state index in [0.29, 0.717) is 13.2 Å². The second-order valence-corrected chi connectivity index (χ2v) is 5.34. The number of ether oxygens (including phenoxy) is 1. The van der Waals surface area contributed by atoms with Gasteiger partial charge in [0, 0.05) is 39.2 Å². The van der Waals surface area contributed by atoms with Gasteiger partial charge in [-0.25, -0.2) is 14.0 Å². The fourth-order valence-electron chi connectivity index (χ4n) is 2.22. The smallest absolute Gasteiger partial charge is 0.414 e. The second-order valence-electron chi connectivity index (χ2n) is 5.34. The van der Waals surface area contributed by atoms with Crippen LogP contribution in [0.25, 0.3) is 5.69 Å². The summed E-state index contributed by atoms with van der Waals surface area (Å²) < 4.78 is 22.3. The molecule has 0 spiro atoms. The van der Waals surface area contributed by atoms with Gasteiger partial charge in [0.05, 0.1) is 5.69 Å². The first kappa shape index (κ1) is 21.1. The molecule has 8 nitrogen and oxygen atoms in total. The van der Waals surface area contributed by atoms with Crippen LogP contribution in [0.1, 0.15) is 12.1 Å². The number of methoxy groups -OCH3 is 1. The lowest BCUT2D eigenvalue weighted by Crippen LogP contribution is -2.24. The third kappa shape index (κ3) is 6.17. The van der Waals surface area contributed by atoms with Crippen molar-refractivity contribution in [1.29, 1.82) is 0 Å². The van der Waals surface area contributed by atoms with E-state index in [2.05, 4.69) is 4.99 Å². The zero-order chi connectivity index (χ0) is 19.7. The van der Waals surface area contributed by atoms with Gasteiger partial charge in [0.15, 0.2) is 0 Å². The molecule has 1 aromatic carbocycles. The maximum Gasteiger partial charge on any atom is 0.414 e. The zero-order valence-corrected chi connectivity index (χ0v) is 14.8. The van der Waals surface area contributed by atoms with E-state index < -0.39 is 11.9 Å². The normalized spacial score (nSPS) is 11.0. The Kier molecular flexibility index (Phi) is 8.23. The molecular formula is C17H22FN3O5. The molecule has 0 aliphatic carbocycles. The Bertz CT molecular complexity index is 814. The van der Waals surface area contributed by atoms with Crippen molar-refractivity contribution in [2.24, 2.45) is 12.0 Å². The van der Waals surface area contributed by atoms with Crippen molar-refractivity contribution in [2.75, 3.05) is 20.3 Å². The van der Waals surface area contributed by atoms with Gasteiger partial charge < -0.3 is 19.5 Å². The molecular weight excluding hydrogens is 345 g/mol. The van der Waals surface area contributed by atoms with Gasteiger partial charge in [-0.05, 0) is 31.5 Å². The minimum Gasteiger partial charge on any atom is -0.473 e. The average Bonchev–Trinajstić information content (AvgIpc) is 2.85. The number of carbonyl (C=O) groups is 2. The van der Waals surface area contributed by atoms with Gasteiger partial charge in [0.25, 0.3) is 0 Å². The molecule has 26 heavy (non-hydrogen) atoms. The molecule has 9 heteroatoms. The first-order valence-corrected chi connectivity index (χ1v) is 7.74. The number of rotatable bonds is 5. The maximum atomic E-state index is 13.4. The number of aromatic nitrogens is 2. The summed E-state index contributed by atoms with van der Waals surface area (Å²) >= 11 is 0. The molecule has 2 aromatic rings. The molecule has 142 valence electrons. The Morgan fingerprint density at radius 2 is 1.92 bits per heavy atom. The maximum absolute atomic E-state index is 13.4. The van der Waals surface area contributed by atoms with Crippen molar-refractivity contribution in [1.82, 2.24) is 9.13 Å². The monoisotopic (exact) mass is 367 g/mol. The molecule has 0 aliphatic heterocycles. The number of hydrogen-bond donors (Lipinski definition) is 2. The molecule has 0 fully saturated rings. The SMILES string of the molecule is COCCCN=c1n(C)cc(C)n1-c1cccc(F)c1.O=C(O)C(=O)O. The van der Waals surface area contributed by atoms with Crippen LogP contribution in [0.4, 0.5) is 4.39 Å². The third-order valence-corrected chi connectivity index (χ3v) is 3.26. The number of carboxylic acids is 2. The van der Waals surface area contributed by atoms with Gasteiger partial charge in [0.1, 0.15) is 5.82 Å². The van der Waals surface area contributed by atoms with E-state index in [9.17, 15) is 4.39 Å². The highest BCUT2D eigenvalue weighted by Crippen LogP contribution is 2.10. The summed E-state index contributed by atoms with van der Waals surface area (Å²) in [6, 6.07) is 6.54. The van der Waals surface area contributed by atoms with Crippen LogP contribution in [-0.2, 0) is 21.4 Å². The minimum atomic E-state index is -1.82. The van der Waals surface area contributed by atoms with Gasteiger partial charge in [-0.1, -0.05) is 6.07 Å². The van der Waals surface area contributed by atoms with Crippen LogP contribution in [0, 0.1) is 12.7 Å². The van der Waals surface area contributed by atoms with Crippen LogP contribution >= 0.6 is 0 Å². The summed E-state index contributed by atoms with van der Waals surface area (Å²) in [7, 11) is 3.62. The molecule has 0 radical (unpaired) electrons. The fourth-order valence-corrected chi connectivity index (χ4v) is 2.22. The van der Waals surface area contributed by atoms with E-state index in [1.165, 1.54) is 12.1 Å². The van der Waals surface area contributed by atoms with Crippen molar-refractivity contribution < 1.29 is 28.9 Å². The number of nitrogens with zero attached hydrogens (tertiary/aromatic N) is 3. The number of aliphatic carboxylic acids is 2. The van der Waals surface area contributed by atoms with Gasteiger partial charge >= 0.3 is 11.9 Å². The number of aryl methyl sites for hydroxylation is 2.